The number of benzene rings is 1. The van der Waals surface area contributed by atoms with Gasteiger partial charge < -0.3 is 14.6 Å². The minimum Gasteiger partial charge on any atom is -0.497 e. The summed E-state index contributed by atoms with van der Waals surface area (Å²) in [5, 5.41) is 10.2. The Kier molecular flexibility index (Phi) is 4.78. The lowest BCUT2D eigenvalue weighted by Crippen LogP contribution is -2.26. The van der Waals surface area contributed by atoms with E-state index in [2.05, 4.69) is 6.92 Å². The van der Waals surface area contributed by atoms with E-state index in [-0.39, 0.29) is 6.10 Å². The average molecular weight is 268 g/mol. The lowest BCUT2D eigenvalue weighted by molar-refractivity contribution is 0.0645. The summed E-state index contributed by atoms with van der Waals surface area (Å²) in [5.74, 6) is 3.76. The molecule has 0 fully saturated rings. The number of thioether (sulfide) groups is 1. The molecule has 1 aromatic rings. The summed E-state index contributed by atoms with van der Waals surface area (Å²) >= 11 is 1.91. The van der Waals surface area contributed by atoms with E-state index >= 15 is 0 Å². The Morgan fingerprint density at radius 3 is 3.06 bits per heavy atom. The highest BCUT2D eigenvalue weighted by molar-refractivity contribution is 7.99. The zero-order valence-electron chi connectivity index (χ0n) is 10.9. The molecule has 0 saturated heterocycles. The van der Waals surface area contributed by atoms with E-state index < -0.39 is 6.10 Å². The van der Waals surface area contributed by atoms with Crippen LogP contribution in [0.2, 0.25) is 0 Å². The largest absolute Gasteiger partial charge is 0.497 e. The van der Waals surface area contributed by atoms with Crippen molar-refractivity contribution in [1.82, 2.24) is 0 Å². The predicted molar refractivity (Wildman–Crippen MR) is 74.6 cm³/mol. The van der Waals surface area contributed by atoms with Gasteiger partial charge in [0.15, 0.2) is 0 Å². The molecule has 4 heteroatoms. The molecule has 0 aliphatic carbocycles. The minimum absolute atomic E-state index is 0.125. The van der Waals surface area contributed by atoms with Crippen LogP contribution in [0.4, 0.5) is 0 Å². The van der Waals surface area contributed by atoms with E-state index in [0.717, 1.165) is 35.0 Å². The molecule has 1 heterocycles. The van der Waals surface area contributed by atoms with Crippen LogP contribution < -0.4 is 9.47 Å². The third-order valence-electron chi connectivity index (χ3n) is 3.14. The van der Waals surface area contributed by atoms with E-state index in [1.165, 1.54) is 0 Å². The van der Waals surface area contributed by atoms with Gasteiger partial charge in [-0.3, -0.25) is 0 Å². The molecule has 0 spiro atoms. The van der Waals surface area contributed by atoms with Crippen molar-refractivity contribution >= 4 is 11.8 Å². The third-order valence-corrected chi connectivity index (χ3v) is 4.08. The van der Waals surface area contributed by atoms with Crippen LogP contribution >= 0.6 is 11.8 Å². The first-order valence-corrected chi connectivity index (χ1v) is 7.50. The first kappa shape index (κ1) is 13.6. The van der Waals surface area contributed by atoms with Crippen LogP contribution in [-0.2, 0) is 0 Å². The van der Waals surface area contributed by atoms with Gasteiger partial charge in [-0.15, -0.1) is 0 Å². The maximum Gasteiger partial charge on any atom is 0.125 e. The molecule has 1 N–H and O–H groups in total. The Morgan fingerprint density at radius 2 is 2.33 bits per heavy atom. The first-order valence-electron chi connectivity index (χ1n) is 6.35. The normalized spacial score (nSPS) is 22.2. The maximum absolute atomic E-state index is 10.2. The molecule has 1 unspecified atom stereocenters. The lowest BCUT2D eigenvalue weighted by Gasteiger charge is -2.29. The molecule has 0 bridgehead atoms. The lowest BCUT2D eigenvalue weighted by atomic mass is 9.97. The SMILES string of the molecule is CCSCCC1C[C@H](O)c2cc(OC)ccc2O1. The number of fused-ring (bicyclic) bond motifs is 1. The molecule has 3 nitrogen and oxygen atoms in total. The average Bonchev–Trinajstić information content (AvgIpc) is 2.39. The van der Waals surface area contributed by atoms with Crippen molar-refractivity contribution in [1.29, 1.82) is 0 Å². The second-order valence-electron chi connectivity index (χ2n) is 4.38. The third kappa shape index (κ3) is 3.12. The zero-order valence-corrected chi connectivity index (χ0v) is 11.7. The molecule has 0 aromatic heterocycles. The van der Waals surface area contributed by atoms with Gasteiger partial charge in [0.1, 0.15) is 17.6 Å². The molecule has 1 aliphatic rings. The molecule has 2 rings (SSSR count). The number of rotatable bonds is 5. The Hall–Kier alpha value is -0.870. The molecule has 18 heavy (non-hydrogen) atoms. The number of methoxy groups -OCH3 is 1. The number of aliphatic hydroxyl groups excluding tert-OH is 1. The summed E-state index contributed by atoms with van der Waals surface area (Å²) in [6.07, 6.45) is 1.34. The maximum atomic E-state index is 10.2. The van der Waals surface area contributed by atoms with Crippen molar-refractivity contribution in [2.45, 2.75) is 32.0 Å². The molecule has 1 aromatic carbocycles. The van der Waals surface area contributed by atoms with Gasteiger partial charge in [0, 0.05) is 12.0 Å². The monoisotopic (exact) mass is 268 g/mol. The van der Waals surface area contributed by atoms with Crippen LogP contribution in [0.1, 0.15) is 31.4 Å². The van der Waals surface area contributed by atoms with Crippen LogP contribution in [0.5, 0.6) is 11.5 Å². The van der Waals surface area contributed by atoms with Gasteiger partial charge in [-0.25, -0.2) is 0 Å². The van der Waals surface area contributed by atoms with E-state index in [9.17, 15) is 5.11 Å². The van der Waals surface area contributed by atoms with Gasteiger partial charge in [-0.1, -0.05) is 6.92 Å². The summed E-state index contributed by atoms with van der Waals surface area (Å²) in [6.45, 7) is 2.16. The number of hydrogen-bond acceptors (Lipinski definition) is 4. The fourth-order valence-corrected chi connectivity index (χ4v) is 2.88. The fraction of sp³-hybridized carbons (Fsp3) is 0.571. The highest BCUT2D eigenvalue weighted by Crippen LogP contribution is 2.37. The van der Waals surface area contributed by atoms with E-state index in [1.807, 2.05) is 30.0 Å². The Labute approximate surface area is 112 Å². The van der Waals surface area contributed by atoms with Crippen LogP contribution in [0.25, 0.3) is 0 Å². The van der Waals surface area contributed by atoms with Crippen molar-refractivity contribution in [3.8, 4) is 11.5 Å². The van der Waals surface area contributed by atoms with Gasteiger partial charge in [-0.2, -0.15) is 11.8 Å². The van der Waals surface area contributed by atoms with Gasteiger partial charge in [0.25, 0.3) is 0 Å². The van der Waals surface area contributed by atoms with E-state index in [0.29, 0.717) is 6.42 Å². The summed E-state index contributed by atoms with van der Waals surface area (Å²) in [4.78, 5) is 0. The summed E-state index contributed by atoms with van der Waals surface area (Å²) in [5.41, 5.74) is 0.841. The smallest absolute Gasteiger partial charge is 0.125 e. The molecule has 0 amide bonds. The topological polar surface area (TPSA) is 38.7 Å². The highest BCUT2D eigenvalue weighted by Gasteiger charge is 2.26. The molecule has 2 atom stereocenters. The number of ether oxygens (including phenoxy) is 2. The number of hydrogen-bond donors (Lipinski definition) is 1. The standard InChI is InChI=1S/C14H20O3S/c1-3-18-7-6-11-9-13(15)12-8-10(16-2)4-5-14(12)17-11/h4-5,8,11,13,15H,3,6-7,9H2,1-2H3/t11?,13-/m0/s1. The zero-order chi connectivity index (χ0) is 13.0. The summed E-state index contributed by atoms with van der Waals surface area (Å²) in [7, 11) is 1.63. The van der Waals surface area contributed by atoms with Crippen LogP contribution in [0, 0.1) is 0 Å². The first-order chi connectivity index (χ1) is 8.74. The molecule has 1 aliphatic heterocycles. The van der Waals surface area contributed by atoms with Crippen LogP contribution in [-0.4, -0.2) is 29.8 Å². The predicted octanol–water partition coefficient (Wildman–Crippen LogP) is 3.02. The second kappa shape index (κ2) is 6.34. The van der Waals surface area contributed by atoms with Crippen molar-refractivity contribution in [3.05, 3.63) is 23.8 Å². The fourth-order valence-electron chi connectivity index (χ4n) is 2.16. The highest BCUT2D eigenvalue weighted by atomic mass is 32.2. The Bertz CT molecular complexity index is 395. The molecule has 100 valence electrons. The summed E-state index contributed by atoms with van der Waals surface area (Å²) < 4.78 is 11.1. The van der Waals surface area contributed by atoms with E-state index in [1.54, 1.807) is 7.11 Å². The molecular formula is C14H20O3S. The van der Waals surface area contributed by atoms with Crippen molar-refractivity contribution in [2.75, 3.05) is 18.6 Å². The van der Waals surface area contributed by atoms with Gasteiger partial charge in [-0.05, 0) is 36.1 Å². The minimum atomic E-state index is -0.444. The molecule has 0 radical (unpaired) electrons. The van der Waals surface area contributed by atoms with Gasteiger partial charge >= 0.3 is 0 Å². The van der Waals surface area contributed by atoms with Crippen molar-refractivity contribution in [3.63, 3.8) is 0 Å². The summed E-state index contributed by atoms with van der Waals surface area (Å²) in [6, 6.07) is 5.61. The molecule has 0 saturated carbocycles. The van der Waals surface area contributed by atoms with Gasteiger partial charge in [0.2, 0.25) is 0 Å². The second-order valence-corrected chi connectivity index (χ2v) is 5.77. The number of aliphatic hydroxyl groups is 1. The van der Waals surface area contributed by atoms with Crippen molar-refractivity contribution < 1.29 is 14.6 Å². The Morgan fingerprint density at radius 1 is 1.50 bits per heavy atom. The van der Waals surface area contributed by atoms with Crippen LogP contribution in [0.3, 0.4) is 0 Å². The Balaban J connectivity index is 2.04. The quantitative estimate of drug-likeness (QED) is 0.833. The molecular weight excluding hydrogens is 248 g/mol. The van der Waals surface area contributed by atoms with Gasteiger partial charge in [0.05, 0.1) is 13.2 Å². The van der Waals surface area contributed by atoms with Crippen molar-refractivity contribution in [2.24, 2.45) is 0 Å². The van der Waals surface area contributed by atoms with E-state index in [4.69, 9.17) is 9.47 Å². The van der Waals surface area contributed by atoms with Crippen LogP contribution in [0.15, 0.2) is 18.2 Å².